The quantitative estimate of drug-likeness (QED) is 0.818. The Morgan fingerprint density at radius 3 is 2.53 bits per heavy atom. The van der Waals surface area contributed by atoms with E-state index in [0.29, 0.717) is 23.8 Å². The van der Waals surface area contributed by atoms with Crippen LogP contribution in [0.15, 0.2) is 46.9 Å². The first-order valence-electron chi connectivity index (χ1n) is 6.15. The van der Waals surface area contributed by atoms with Crippen LogP contribution < -0.4 is 15.2 Å². The minimum Gasteiger partial charge on any atom is -0.490 e. The highest BCUT2D eigenvalue weighted by Gasteiger charge is 2.08. The molecule has 3 nitrogen and oxygen atoms in total. The summed E-state index contributed by atoms with van der Waals surface area (Å²) >= 11 is 3.40. The van der Waals surface area contributed by atoms with Gasteiger partial charge in [-0.15, -0.1) is 0 Å². The van der Waals surface area contributed by atoms with Gasteiger partial charge in [0.25, 0.3) is 0 Å². The number of hydrogen-bond donors (Lipinski definition) is 1. The topological polar surface area (TPSA) is 44.5 Å². The molecule has 0 amide bonds. The highest BCUT2D eigenvalue weighted by molar-refractivity contribution is 9.10. The highest BCUT2D eigenvalue weighted by Crippen LogP contribution is 2.35. The van der Waals surface area contributed by atoms with Gasteiger partial charge in [-0.3, -0.25) is 0 Å². The van der Waals surface area contributed by atoms with Gasteiger partial charge in [-0.2, -0.15) is 0 Å². The van der Waals surface area contributed by atoms with E-state index in [2.05, 4.69) is 22.9 Å². The number of para-hydroxylation sites is 2. The molecule has 0 heterocycles. The van der Waals surface area contributed by atoms with Crippen LogP contribution in [0.25, 0.3) is 0 Å². The summed E-state index contributed by atoms with van der Waals surface area (Å²) in [6.07, 6.45) is 0.952. The molecule has 19 heavy (non-hydrogen) atoms. The van der Waals surface area contributed by atoms with E-state index in [9.17, 15) is 0 Å². The lowest BCUT2D eigenvalue weighted by molar-refractivity contribution is 0.302. The predicted octanol–water partition coefficient (Wildman–Crippen LogP) is 4.61. The lowest BCUT2D eigenvalue weighted by Crippen LogP contribution is -1.98. The molecule has 0 unspecified atom stereocenters. The van der Waals surface area contributed by atoms with Gasteiger partial charge < -0.3 is 15.2 Å². The van der Waals surface area contributed by atoms with Crippen LogP contribution in [0, 0.1) is 0 Å². The van der Waals surface area contributed by atoms with Crippen molar-refractivity contribution in [3.05, 3.63) is 46.9 Å². The summed E-state index contributed by atoms with van der Waals surface area (Å²) in [4.78, 5) is 0. The van der Waals surface area contributed by atoms with Crippen molar-refractivity contribution in [2.75, 3.05) is 12.3 Å². The average Bonchev–Trinajstić information content (AvgIpc) is 2.42. The van der Waals surface area contributed by atoms with E-state index in [0.717, 1.165) is 16.6 Å². The summed E-state index contributed by atoms with van der Waals surface area (Å²) in [5.74, 6) is 2.01. The Kier molecular flexibility index (Phi) is 4.68. The van der Waals surface area contributed by atoms with Gasteiger partial charge in [0.1, 0.15) is 0 Å². The molecule has 0 bridgehead atoms. The zero-order valence-electron chi connectivity index (χ0n) is 10.7. The fourth-order valence-electron chi connectivity index (χ4n) is 1.58. The molecule has 0 fully saturated rings. The number of hydrogen-bond acceptors (Lipinski definition) is 3. The first kappa shape index (κ1) is 13.7. The third-order valence-corrected chi connectivity index (χ3v) is 3.00. The second kappa shape index (κ2) is 6.48. The maximum absolute atomic E-state index is 5.90. The fraction of sp³-hybridized carbons (Fsp3) is 0.200. The van der Waals surface area contributed by atoms with Gasteiger partial charge >= 0.3 is 0 Å². The number of nitrogens with two attached hydrogens (primary N) is 1. The normalized spacial score (nSPS) is 10.2. The fourth-order valence-corrected chi connectivity index (χ4v) is 1.92. The van der Waals surface area contributed by atoms with Crippen LogP contribution in [0.1, 0.15) is 13.3 Å². The van der Waals surface area contributed by atoms with E-state index in [1.165, 1.54) is 0 Å². The van der Waals surface area contributed by atoms with Gasteiger partial charge in [0.15, 0.2) is 17.2 Å². The lowest BCUT2D eigenvalue weighted by atomic mass is 10.3. The Morgan fingerprint density at radius 2 is 1.79 bits per heavy atom. The number of nitrogen functional groups attached to an aromatic ring is 1. The standard InChI is InChI=1S/C15H16BrNO2/c1-2-9-18-13-5-3-4-6-14(13)19-15-10-11(16)7-8-12(15)17/h3-8,10H,2,9,17H2,1H3. The molecule has 0 saturated carbocycles. The Labute approximate surface area is 121 Å². The van der Waals surface area contributed by atoms with Crippen LogP contribution in [-0.2, 0) is 0 Å². The van der Waals surface area contributed by atoms with E-state index in [1.807, 2.05) is 36.4 Å². The summed E-state index contributed by atoms with van der Waals surface area (Å²) in [5, 5.41) is 0. The monoisotopic (exact) mass is 321 g/mol. The van der Waals surface area contributed by atoms with Gasteiger partial charge in [-0.1, -0.05) is 35.0 Å². The summed E-state index contributed by atoms with van der Waals surface area (Å²) in [6.45, 7) is 2.73. The molecule has 0 radical (unpaired) electrons. The largest absolute Gasteiger partial charge is 0.490 e. The molecular formula is C15H16BrNO2. The molecule has 0 spiro atoms. The Bertz CT molecular complexity index is 558. The third-order valence-electron chi connectivity index (χ3n) is 2.51. The van der Waals surface area contributed by atoms with E-state index >= 15 is 0 Å². The van der Waals surface area contributed by atoms with Crippen molar-refractivity contribution < 1.29 is 9.47 Å². The first-order chi connectivity index (χ1) is 9.20. The maximum Gasteiger partial charge on any atom is 0.169 e. The number of anilines is 1. The molecule has 0 aliphatic carbocycles. The van der Waals surface area contributed by atoms with Gasteiger partial charge in [0.2, 0.25) is 0 Å². The molecule has 2 N–H and O–H groups in total. The lowest BCUT2D eigenvalue weighted by Gasteiger charge is -2.13. The Morgan fingerprint density at radius 1 is 1.05 bits per heavy atom. The second-order valence-electron chi connectivity index (χ2n) is 4.08. The molecule has 2 aromatic rings. The van der Waals surface area contributed by atoms with Crippen LogP contribution in [0.4, 0.5) is 5.69 Å². The summed E-state index contributed by atoms with van der Waals surface area (Å²) in [6, 6.07) is 13.1. The molecule has 0 saturated heterocycles. The van der Waals surface area contributed by atoms with Crippen LogP contribution in [0.3, 0.4) is 0 Å². The minimum absolute atomic E-state index is 0.591. The SMILES string of the molecule is CCCOc1ccccc1Oc1cc(Br)ccc1N. The van der Waals surface area contributed by atoms with Crippen molar-refractivity contribution in [3.63, 3.8) is 0 Å². The Hall–Kier alpha value is -1.68. The predicted molar refractivity (Wildman–Crippen MR) is 80.9 cm³/mol. The summed E-state index contributed by atoms with van der Waals surface area (Å²) in [7, 11) is 0. The van der Waals surface area contributed by atoms with E-state index < -0.39 is 0 Å². The van der Waals surface area contributed by atoms with E-state index in [-0.39, 0.29) is 0 Å². The zero-order valence-corrected chi connectivity index (χ0v) is 12.3. The molecular weight excluding hydrogens is 306 g/mol. The minimum atomic E-state index is 0.591. The van der Waals surface area contributed by atoms with Crippen molar-refractivity contribution in [2.24, 2.45) is 0 Å². The average molecular weight is 322 g/mol. The van der Waals surface area contributed by atoms with Crippen molar-refractivity contribution in [1.29, 1.82) is 0 Å². The summed E-state index contributed by atoms with van der Waals surface area (Å²) < 4.78 is 12.4. The second-order valence-corrected chi connectivity index (χ2v) is 5.00. The molecule has 0 atom stereocenters. The van der Waals surface area contributed by atoms with Crippen LogP contribution >= 0.6 is 15.9 Å². The smallest absolute Gasteiger partial charge is 0.169 e. The molecule has 4 heteroatoms. The van der Waals surface area contributed by atoms with Crippen molar-refractivity contribution in [2.45, 2.75) is 13.3 Å². The van der Waals surface area contributed by atoms with Gasteiger partial charge in [-0.05, 0) is 36.8 Å². The van der Waals surface area contributed by atoms with Crippen molar-refractivity contribution in [3.8, 4) is 17.2 Å². The number of rotatable bonds is 5. The molecule has 0 aliphatic heterocycles. The molecule has 100 valence electrons. The van der Waals surface area contributed by atoms with Crippen LogP contribution in [0.2, 0.25) is 0 Å². The van der Waals surface area contributed by atoms with Crippen LogP contribution in [0.5, 0.6) is 17.2 Å². The highest BCUT2D eigenvalue weighted by atomic mass is 79.9. The molecule has 2 rings (SSSR count). The zero-order chi connectivity index (χ0) is 13.7. The number of halogens is 1. The Balaban J connectivity index is 2.25. The first-order valence-corrected chi connectivity index (χ1v) is 6.94. The van der Waals surface area contributed by atoms with Gasteiger partial charge in [-0.25, -0.2) is 0 Å². The molecule has 0 aromatic heterocycles. The van der Waals surface area contributed by atoms with Crippen molar-refractivity contribution in [1.82, 2.24) is 0 Å². The van der Waals surface area contributed by atoms with Crippen LogP contribution in [-0.4, -0.2) is 6.61 Å². The molecule has 0 aliphatic rings. The number of benzene rings is 2. The van der Waals surface area contributed by atoms with Crippen molar-refractivity contribution >= 4 is 21.6 Å². The van der Waals surface area contributed by atoms with Gasteiger partial charge in [0.05, 0.1) is 12.3 Å². The van der Waals surface area contributed by atoms with E-state index in [4.69, 9.17) is 15.2 Å². The van der Waals surface area contributed by atoms with E-state index in [1.54, 1.807) is 6.07 Å². The third kappa shape index (κ3) is 3.64. The van der Waals surface area contributed by atoms with Gasteiger partial charge in [0, 0.05) is 4.47 Å². The maximum atomic E-state index is 5.90. The summed E-state index contributed by atoms with van der Waals surface area (Å²) in [5.41, 5.74) is 6.49. The molecule has 2 aromatic carbocycles. The number of ether oxygens (including phenoxy) is 2.